The van der Waals surface area contributed by atoms with Crippen molar-refractivity contribution in [3.05, 3.63) is 36.5 Å². The average molecular weight is 254 g/mol. The molecule has 100 valence electrons. The van der Waals surface area contributed by atoms with Gasteiger partial charge in [-0.2, -0.15) is 0 Å². The standard InChI is InChI=1S/C17H22N2/c1-2-13-5-3-7-15(11-13)19-16-8-9-17-14(12-16)6-4-10-18-17/h4,6,8-10,12-13,15,19H,2-3,5,7,11H2,1H3. The minimum atomic E-state index is 0.646. The van der Waals surface area contributed by atoms with Gasteiger partial charge >= 0.3 is 0 Å². The molecule has 0 radical (unpaired) electrons. The molecule has 0 bridgehead atoms. The number of fused-ring (bicyclic) bond motifs is 1. The quantitative estimate of drug-likeness (QED) is 0.864. The van der Waals surface area contributed by atoms with E-state index < -0.39 is 0 Å². The van der Waals surface area contributed by atoms with Gasteiger partial charge < -0.3 is 5.32 Å². The topological polar surface area (TPSA) is 24.9 Å². The smallest absolute Gasteiger partial charge is 0.0703 e. The minimum Gasteiger partial charge on any atom is -0.382 e. The first-order chi connectivity index (χ1) is 9.35. The van der Waals surface area contributed by atoms with Gasteiger partial charge in [0.1, 0.15) is 0 Å². The lowest BCUT2D eigenvalue weighted by atomic mass is 9.84. The molecule has 19 heavy (non-hydrogen) atoms. The summed E-state index contributed by atoms with van der Waals surface area (Å²) >= 11 is 0. The number of benzene rings is 1. The van der Waals surface area contributed by atoms with Gasteiger partial charge in [0, 0.05) is 23.3 Å². The van der Waals surface area contributed by atoms with Gasteiger partial charge in [0.15, 0.2) is 0 Å². The number of hydrogen-bond donors (Lipinski definition) is 1. The molecule has 1 aromatic heterocycles. The highest BCUT2D eigenvalue weighted by Gasteiger charge is 2.20. The maximum absolute atomic E-state index is 4.37. The van der Waals surface area contributed by atoms with Crippen LogP contribution in [0.5, 0.6) is 0 Å². The molecule has 1 fully saturated rings. The maximum atomic E-state index is 4.37. The zero-order valence-electron chi connectivity index (χ0n) is 11.6. The molecular weight excluding hydrogens is 232 g/mol. The Hall–Kier alpha value is -1.57. The number of anilines is 1. The van der Waals surface area contributed by atoms with Gasteiger partial charge in [-0.05, 0) is 43.0 Å². The Balaban J connectivity index is 1.74. The SMILES string of the molecule is CCC1CCCC(Nc2ccc3ncccc3c2)C1. The third-order valence-corrected chi connectivity index (χ3v) is 4.33. The summed E-state index contributed by atoms with van der Waals surface area (Å²) in [5.74, 6) is 0.911. The van der Waals surface area contributed by atoms with Crippen molar-refractivity contribution < 1.29 is 0 Å². The van der Waals surface area contributed by atoms with Crippen LogP contribution in [-0.4, -0.2) is 11.0 Å². The number of nitrogens with one attached hydrogen (secondary N) is 1. The fourth-order valence-electron chi connectivity index (χ4n) is 3.19. The first-order valence-corrected chi connectivity index (χ1v) is 7.46. The van der Waals surface area contributed by atoms with E-state index in [-0.39, 0.29) is 0 Å². The molecule has 3 rings (SSSR count). The van der Waals surface area contributed by atoms with Crippen LogP contribution in [0.4, 0.5) is 5.69 Å². The van der Waals surface area contributed by atoms with E-state index in [1.54, 1.807) is 0 Å². The molecule has 2 atom stereocenters. The Bertz CT molecular complexity index is 550. The van der Waals surface area contributed by atoms with Crippen molar-refractivity contribution in [2.45, 2.75) is 45.1 Å². The van der Waals surface area contributed by atoms with E-state index in [0.717, 1.165) is 11.4 Å². The Morgan fingerprint density at radius 2 is 2.21 bits per heavy atom. The molecular formula is C17H22N2. The summed E-state index contributed by atoms with van der Waals surface area (Å²) in [7, 11) is 0. The predicted molar refractivity (Wildman–Crippen MR) is 81.4 cm³/mol. The highest BCUT2D eigenvalue weighted by Crippen LogP contribution is 2.29. The molecule has 0 saturated heterocycles. The van der Waals surface area contributed by atoms with Crippen molar-refractivity contribution >= 4 is 16.6 Å². The predicted octanol–water partition coefficient (Wildman–Crippen LogP) is 4.62. The molecule has 1 aliphatic rings. The van der Waals surface area contributed by atoms with Gasteiger partial charge in [0.05, 0.1) is 5.52 Å². The first kappa shape index (κ1) is 12.5. The van der Waals surface area contributed by atoms with Crippen molar-refractivity contribution in [2.75, 3.05) is 5.32 Å². The summed E-state index contributed by atoms with van der Waals surface area (Å²) in [5.41, 5.74) is 2.31. The van der Waals surface area contributed by atoms with Gasteiger partial charge in [0.2, 0.25) is 0 Å². The van der Waals surface area contributed by atoms with Crippen LogP contribution in [0.1, 0.15) is 39.0 Å². The highest BCUT2D eigenvalue weighted by molar-refractivity contribution is 5.82. The second-order valence-corrected chi connectivity index (χ2v) is 5.69. The molecule has 0 amide bonds. The number of pyridine rings is 1. The van der Waals surface area contributed by atoms with Crippen LogP contribution in [0.3, 0.4) is 0 Å². The van der Waals surface area contributed by atoms with Crippen LogP contribution in [0.25, 0.3) is 10.9 Å². The van der Waals surface area contributed by atoms with E-state index in [0.29, 0.717) is 6.04 Å². The molecule has 2 unspecified atom stereocenters. The molecule has 1 aliphatic carbocycles. The van der Waals surface area contributed by atoms with Gasteiger partial charge in [-0.25, -0.2) is 0 Å². The number of hydrogen-bond acceptors (Lipinski definition) is 2. The normalized spacial score (nSPS) is 23.4. The van der Waals surface area contributed by atoms with Crippen LogP contribution in [0.15, 0.2) is 36.5 Å². The second kappa shape index (κ2) is 5.60. The molecule has 1 heterocycles. The summed E-state index contributed by atoms with van der Waals surface area (Å²) in [6.45, 7) is 2.31. The van der Waals surface area contributed by atoms with Gasteiger partial charge in [-0.1, -0.05) is 32.3 Å². The van der Waals surface area contributed by atoms with E-state index in [2.05, 4.69) is 41.5 Å². The number of nitrogens with zero attached hydrogens (tertiary/aromatic N) is 1. The molecule has 0 spiro atoms. The van der Waals surface area contributed by atoms with Crippen LogP contribution >= 0.6 is 0 Å². The lowest BCUT2D eigenvalue weighted by Gasteiger charge is -2.29. The van der Waals surface area contributed by atoms with Crippen LogP contribution in [0.2, 0.25) is 0 Å². The third-order valence-electron chi connectivity index (χ3n) is 4.33. The minimum absolute atomic E-state index is 0.646. The monoisotopic (exact) mass is 254 g/mol. The third kappa shape index (κ3) is 2.89. The number of rotatable bonds is 3. The maximum Gasteiger partial charge on any atom is 0.0703 e. The van der Waals surface area contributed by atoms with Crippen molar-refractivity contribution in [2.24, 2.45) is 5.92 Å². The summed E-state index contributed by atoms with van der Waals surface area (Å²) in [6, 6.07) is 11.3. The zero-order valence-corrected chi connectivity index (χ0v) is 11.6. The fraction of sp³-hybridized carbons (Fsp3) is 0.471. The molecule has 1 saturated carbocycles. The fourth-order valence-corrected chi connectivity index (χ4v) is 3.19. The van der Waals surface area contributed by atoms with Crippen molar-refractivity contribution in [1.29, 1.82) is 0 Å². The van der Waals surface area contributed by atoms with Crippen LogP contribution in [0, 0.1) is 5.92 Å². The van der Waals surface area contributed by atoms with E-state index in [1.807, 2.05) is 12.3 Å². The number of aromatic nitrogens is 1. The summed E-state index contributed by atoms with van der Waals surface area (Å²) in [5, 5.41) is 4.93. The molecule has 0 aliphatic heterocycles. The largest absolute Gasteiger partial charge is 0.382 e. The van der Waals surface area contributed by atoms with Crippen molar-refractivity contribution in [3.63, 3.8) is 0 Å². The van der Waals surface area contributed by atoms with Gasteiger partial charge in [0.25, 0.3) is 0 Å². The average Bonchev–Trinajstić information content (AvgIpc) is 2.47. The molecule has 2 nitrogen and oxygen atoms in total. The molecule has 2 heteroatoms. The Morgan fingerprint density at radius 3 is 3.11 bits per heavy atom. The summed E-state index contributed by atoms with van der Waals surface area (Å²) < 4.78 is 0. The first-order valence-electron chi connectivity index (χ1n) is 7.46. The molecule has 1 aromatic carbocycles. The lowest BCUT2D eigenvalue weighted by molar-refractivity contribution is 0.327. The van der Waals surface area contributed by atoms with Gasteiger partial charge in [-0.3, -0.25) is 4.98 Å². The summed E-state index contributed by atoms with van der Waals surface area (Å²) in [4.78, 5) is 4.37. The Morgan fingerprint density at radius 1 is 1.26 bits per heavy atom. The van der Waals surface area contributed by atoms with Crippen molar-refractivity contribution in [3.8, 4) is 0 Å². The van der Waals surface area contributed by atoms with E-state index in [4.69, 9.17) is 0 Å². The second-order valence-electron chi connectivity index (χ2n) is 5.69. The highest BCUT2D eigenvalue weighted by atomic mass is 14.9. The Kier molecular flexibility index (Phi) is 3.67. The van der Waals surface area contributed by atoms with Gasteiger partial charge in [-0.15, -0.1) is 0 Å². The summed E-state index contributed by atoms with van der Waals surface area (Å²) in [6.07, 6.45) is 8.58. The Labute approximate surface area is 115 Å². The lowest BCUT2D eigenvalue weighted by Crippen LogP contribution is -2.27. The van der Waals surface area contributed by atoms with Crippen LogP contribution in [-0.2, 0) is 0 Å². The molecule has 2 aromatic rings. The van der Waals surface area contributed by atoms with Crippen LogP contribution < -0.4 is 5.32 Å². The van der Waals surface area contributed by atoms with E-state index >= 15 is 0 Å². The van der Waals surface area contributed by atoms with E-state index in [9.17, 15) is 0 Å². The zero-order chi connectivity index (χ0) is 13.1. The molecule has 1 N–H and O–H groups in total. The van der Waals surface area contributed by atoms with Crippen molar-refractivity contribution in [1.82, 2.24) is 4.98 Å². The van der Waals surface area contributed by atoms with E-state index in [1.165, 1.54) is 43.2 Å².